The molecule has 1 aromatic carbocycles. The maximum atomic E-state index is 9.98. The lowest BCUT2D eigenvalue weighted by Gasteiger charge is -2.14. The van der Waals surface area contributed by atoms with Crippen LogP contribution in [0, 0.1) is 13.8 Å². The molecule has 0 aliphatic carbocycles. The van der Waals surface area contributed by atoms with Crippen molar-refractivity contribution in [2.45, 2.75) is 33.3 Å². The SMILES string of the molecule is CCNCCC(O)c1ccc(C)cc1C. The van der Waals surface area contributed by atoms with E-state index in [0.29, 0.717) is 0 Å². The summed E-state index contributed by atoms with van der Waals surface area (Å²) in [6.45, 7) is 8.02. The Morgan fingerprint density at radius 1 is 1.33 bits per heavy atom. The molecule has 2 N–H and O–H groups in total. The molecular weight excluding hydrogens is 186 g/mol. The molecule has 15 heavy (non-hydrogen) atoms. The number of aryl methyl sites for hydroxylation is 2. The van der Waals surface area contributed by atoms with Crippen LogP contribution in [0.2, 0.25) is 0 Å². The Morgan fingerprint density at radius 2 is 2.07 bits per heavy atom. The lowest BCUT2D eigenvalue weighted by Crippen LogP contribution is -2.17. The van der Waals surface area contributed by atoms with Gasteiger partial charge in [0.05, 0.1) is 6.10 Å². The van der Waals surface area contributed by atoms with Gasteiger partial charge in [-0.3, -0.25) is 0 Å². The Labute approximate surface area is 92.3 Å². The average Bonchev–Trinajstić information content (AvgIpc) is 2.17. The first-order valence-electron chi connectivity index (χ1n) is 5.61. The van der Waals surface area contributed by atoms with Crippen LogP contribution in [0.25, 0.3) is 0 Å². The molecule has 0 fully saturated rings. The highest BCUT2D eigenvalue weighted by atomic mass is 16.3. The van der Waals surface area contributed by atoms with Crippen molar-refractivity contribution in [3.63, 3.8) is 0 Å². The zero-order chi connectivity index (χ0) is 11.3. The van der Waals surface area contributed by atoms with Gasteiger partial charge < -0.3 is 10.4 Å². The summed E-state index contributed by atoms with van der Waals surface area (Å²) in [5, 5.41) is 13.2. The van der Waals surface area contributed by atoms with Gasteiger partial charge in [-0.1, -0.05) is 30.7 Å². The molecule has 1 rings (SSSR count). The molecule has 0 heterocycles. The summed E-state index contributed by atoms with van der Waals surface area (Å²) in [6, 6.07) is 6.20. The van der Waals surface area contributed by atoms with Crippen molar-refractivity contribution in [2.75, 3.05) is 13.1 Å². The normalized spacial score (nSPS) is 12.8. The van der Waals surface area contributed by atoms with Crippen molar-refractivity contribution in [3.8, 4) is 0 Å². The van der Waals surface area contributed by atoms with E-state index in [-0.39, 0.29) is 6.10 Å². The smallest absolute Gasteiger partial charge is 0.0804 e. The summed E-state index contributed by atoms with van der Waals surface area (Å²) in [5.74, 6) is 0. The summed E-state index contributed by atoms with van der Waals surface area (Å²) in [5.41, 5.74) is 3.48. The molecule has 0 radical (unpaired) electrons. The molecule has 0 aliphatic heterocycles. The highest BCUT2D eigenvalue weighted by Gasteiger charge is 2.09. The first kappa shape index (κ1) is 12.2. The number of aliphatic hydroxyl groups is 1. The van der Waals surface area contributed by atoms with Gasteiger partial charge in [0.2, 0.25) is 0 Å². The van der Waals surface area contributed by atoms with Gasteiger partial charge >= 0.3 is 0 Å². The molecule has 1 atom stereocenters. The molecule has 84 valence electrons. The van der Waals surface area contributed by atoms with Crippen LogP contribution in [0.4, 0.5) is 0 Å². The molecular formula is C13H21NO. The zero-order valence-corrected chi connectivity index (χ0v) is 9.88. The molecule has 2 nitrogen and oxygen atoms in total. The number of rotatable bonds is 5. The summed E-state index contributed by atoms with van der Waals surface area (Å²) in [7, 11) is 0. The summed E-state index contributed by atoms with van der Waals surface area (Å²) < 4.78 is 0. The molecule has 0 aliphatic rings. The van der Waals surface area contributed by atoms with E-state index in [2.05, 4.69) is 38.2 Å². The average molecular weight is 207 g/mol. The minimum Gasteiger partial charge on any atom is -0.388 e. The second-order valence-corrected chi connectivity index (χ2v) is 4.02. The van der Waals surface area contributed by atoms with E-state index in [9.17, 15) is 5.11 Å². The van der Waals surface area contributed by atoms with Gasteiger partial charge in [0.25, 0.3) is 0 Å². The molecule has 0 saturated heterocycles. The molecule has 1 aromatic rings. The van der Waals surface area contributed by atoms with Crippen LogP contribution in [0.1, 0.15) is 36.1 Å². The fourth-order valence-electron chi connectivity index (χ4n) is 1.77. The number of hydrogen-bond donors (Lipinski definition) is 2. The quantitative estimate of drug-likeness (QED) is 0.726. The van der Waals surface area contributed by atoms with Crippen LogP contribution in [0.3, 0.4) is 0 Å². The van der Waals surface area contributed by atoms with Gasteiger partial charge in [-0.2, -0.15) is 0 Å². The second kappa shape index (κ2) is 5.89. The Morgan fingerprint density at radius 3 is 2.67 bits per heavy atom. The van der Waals surface area contributed by atoms with Crippen molar-refractivity contribution in [1.29, 1.82) is 0 Å². The Bertz CT molecular complexity index is 309. The summed E-state index contributed by atoms with van der Waals surface area (Å²) >= 11 is 0. The van der Waals surface area contributed by atoms with Crippen molar-refractivity contribution < 1.29 is 5.11 Å². The van der Waals surface area contributed by atoms with Gasteiger partial charge in [0.15, 0.2) is 0 Å². The molecule has 2 heteroatoms. The van der Waals surface area contributed by atoms with Crippen molar-refractivity contribution in [2.24, 2.45) is 0 Å². The van der Waals surface area contributed by atoms with Gasteiger partial charge in [-0.25, -0.2) is 0 Å². The first-order valence-corrected chi connectivity index (χ1v) is 5.61. The molecule has 0 bridgehead atoms. The topological polar surface area (TPSA) is 32.3 Å². The fourth-order valence-corrected chi connectivity index (χ4v) is 1.77. The monoisotopic (exact) mass is 207 g/mol. The van der Waals surface area contributed by atoms with Crippen molar-refractivity contribution in [1.82, 2.24) is 5.32 Å². The van der Waals surface area contributed by atoms with E-state index in [1.165, 1.54) is 11.1 Å². The second-order valence-electron chi connectivity index (χ2n) is 4.02. The summed E-state index contributed by atoms with van der Waals surface area (Å²) in [6.07, 6.45) is 0.433. The van der Waals surface area contributed by atoms with Crippen molar-refractivity contribution in [3.05, 3.63) is 34.9 Å². The minimum atomic E-state index is -0.343. The molecule has 0 aromatic heterocycles. The van der Waals surface area contributed by atoms with E-state index in [1.54, 1.807) is 0 Å². The minimum absolute atomic E-state index is 0.343. The highest BCUT2D eigenvalue weighted by Crippen LogP contribution is 2.20. The Balaban J connectivity index is 2.61. The maximum absolute atomic E-state index is 9.98. The van der Waals surface area contributed by atoms with E-state index < -0.39 is 0 Å². The standard InChI is InChI=1S/C13H21NO/c1-4-14-8-7-13(15)12-6-5-10(2)9-11(12)3/h5-6,9,13-15H,4,7-8H2,1-3H3. The van der Waals surface area contributed by atoms with E-state index in [0.717, 1.165) is 25.1 Å². The van der Waals surface area contributed by atoms with Gasteiger partial charge in [-0.15, -0.1) is 0 Å². The van der Waals surface area contributed by atoms with Crippen molar-refractivity contribution >= 4 is 0 Å². The van der Waals surface area contributed by atoms with Crippen LogP contribution < -0.4 is 5.32 Å². The third kappa shape index (κ3) is 3.65. The third-order valence-corrected chi connectivity index (χ3v) is 2.63. The molecule has 1 unspecified atom stereocenters. The highest BCUT2D eigenvalue weighted by molar-refractivity contribution is 5.31. The lowest BCUT2D eigenvalue weighted by atomic mass is 9.99. The van der Waals surface area contributed by atoms with E-state index in [4.69, 9.17) is 0 Å². The first-order chi connectivity index (χ1) is 7.15. The van der Waals surface area contributed by atoms with Crippen LogP contribution in [-0.4, -0.2) is 18.2 Å². The lowest BCUT2D eigenvalue weighted by molar-refractivity contribution is 0.166. The zero-order valence-electron chi connectivity index (χ0n) is 9.88. The van der Waals surface area contributed by atoms with Gasteiger partial charge in [0, 0.05) is 0 Å². The molecule has 0 amide bonds. The largest absolute Gasteiger partial charge is 0.388 e. The Hall–Kier alpha value is -0.860. The van der Waals surface area contributed by atoms with E-state index >= 15 is 0 Å². The van der Waals surface area contributed by atoms with Crippen LogP contribution in [0.15, 0.2) is 18.2 Å². The van der Waals surface area contributed by atoms with E-state index in [1.807, 2.05) is 6.07 Å². The van der Waals surface area contributed by atoms with Crippen LogP contribution in [0.5, 0.6) is 0 Å². The number of nitrogens with one attached hydrogen (secondary N) is 1. The fraction of sp³-hybridized carbons (Fsp3) is 0.538. The van der Waals surface area contributed by atoms with Gasteiger partial charge in [0.1, 0.15) is 0 Å². The number of benzene rings is 1. The predicted octanol–water partition coefficient (Wildman–Crippen LogP) is 2.34. The molecule has 0 spiro atoms. The van der Waals surface area contributed by atoms with Crippen LogP contribution in [-0.2, 0) is 0 Å². The predicted molar refractivity (Wildman–Crippen MR) is 64.0 cm³/mol. The Kier molecular flexibility index (Phi) is 4.79. The summed E-state index contributed by atoms with van der Waals surface area (Å²) in [4.78, 5) is 0. The molecule has 0 saturated carbocycles. The number of hydrogen-bond acceptors (Lipinski definition) is 2. The maximum Gasteiger partial charge on any atom is 0.0804 e. The third-order valence-electron chi connectivity index (χ3n) is 2.63. The number of aliphatic hydroxyl groups excluding tert-OH is 1. The van der Waals surface area contributed by atoms with Crippen LogP contribution >= 0.6 is 0 Å². The van der Waals surface area contributed by atoms with Gasteiger partial charge in [-0.05, 0) is 44.5 Å².